The minimum absolute atomic E-state index is 0.0379. The minimum atomic E-state index is -0.709. The molecule has 0 atom stereocenters. The lowest BCUT2D eigenvalue weighted by Crippen LogP contribution is -2.11. The predicted molar refractivity (Wildman–Crippen MR) is 64.2 cm³/mol. The van der Waals surface area contributed by atoms with Gasteiger partial charge >= 0.3 is 0 Å². The van der Waals surface area contributed by atoms with Gasteiger partial charge in [-0.1, -0.05) is 18.5 Å². The second-order valence-corrected chi connectivity index (χ2v) is 4.08. The summed E-state index contributed by atoms with van der Waals surface area (Å²) in [6.45, 7) is 3.25. The maximum Gasteiger partial charge on any atom is 0.229 e. The van der Waals surface area contributed by atoms with Gasteiger partial charge in [-0.05, 0) is 18.7 Å². The minimum Gasteiger partial charge on any atom is -0.444 e. The highest BCUT2D eigenvalue weighted by Gasteiger charge is 2.15. The predicted octanol–water partition coefficient (Wildman–Crippen LogP) is 3.38. The van der Waals surface area contributed by atoms with Crippen LogP contribution >= 0.6 is 11.6 Å². The van der Waals surface area contributed by atoms with E-state index in [0.717, 1.165) is 18.7 Å². The van der Waals surface area contributed by atoms with Gasteiger partial charge in [-0.2, -0.15) is 0 Å². The lowest BCUT2D eigenvalue weighted by atomic mass is 10.2. The Morgan fingerprint density at radius 1 is 1.33 bits per heavy atom. The van der Waals surface area contributed by atoms with Crippen LogP contribution < -0.4 is 5.32 Å². The summed E-state index contributed by atoms with van der Waals surface area (Å²) >= 11 is 5.47. The SMILES string of the molecule is CCNCc1coc(-c2cc(F)c(Cl)cc2F)n1. The Morgan fingerprint density at radius 3 is 2.83 bits per heavy atom. The molecule has 0 spiro atoms. The molecule has 0 aliphatic heterocycles. The fourth-order valence-corrected chi connectivity index (χ4v) is 1.60. The first-order chi connectivity index (χ1) is 8.61. The second kappa shape index (κ2) is 5.46. The summed E-state index contributed by atoms with van der Waals surface area (Å²) in [6, 6.07) is 1.88. The summed E-state index contributed by atoms with van der Waals surface area (Å²) < 4.78 is 32.0. The van der Waals surface area contributed by atoms with E-state index in [-0.39, 0.29) is 16.5 Å². The van der Waals surface area contributed by atoms with Crippen LogP contribution in [0.5, 0.6) is 0 Å². The van der Waals surface area contributed by atoms with Crippen LogP contribution in [0.2, 0.25) is 5.02 Å². The molecule has 0 saturated carbocycles. The molecule has 0 amide bonds. The number of hydrogen-bond donors (Lipinski definition) is 1. The molecule has 2 rings (SSSR count). The zero-order valence-corrected chi connectivity index (χ0v) is 10.4. The number of halogens is 3. The summed E-state index contributed by atoms with van der Waals surface area (Å²) in [4.78, 5) is 4.07. The first kappa shape index (κ1) is 13.0. The van der Waals surface area contributed by atoms with Gasteiger partial charge in [-0.25, -0.2) is 13.8 Å². The molecule has 96 valence electrons. The van der Waals surface area contributed by atoms with E-state index >= 15 is 0 Å². The maximum absolute atomic E-state index is 13.6. The average molecular weight is 273 g/mol. The molecule has 1 N–H and O–H groups in total. The Bertz CT molecular complexity index is 557. The third-order valence-electron chi connectivity index (χ3n) is 2.35. The van der Waals surface area contributed by atoms with Gasteiger partial charge in [-0.3, -0.25) is 0 Å². The van der Waals surface area contributed by atoms with E-state index < -0.39 is 11.6 Å². The number of aromatic nitrogens is 1. The van der Waals surface area contributed by atoms with Crippen molar-refractivity contribution in [2.45, 2.75) is 13.5 Å². The number of oxazole rings is 1. The molecule has 6 heteroatoms. The van der Waals surface area contributed by atoms with Crippen LogP contribution in [0.1, 0.15) is 12.6 Å². The number of rotatable bonds is 4. The van der Waals surface area contributed by atoms with Crippen LogP contribution in [0.4, 0.5) is 8.78 Å². The third-order valence-corrected chi connectivity index (χ3v) is 2.64. The molecule has 1 heterocycles. The van der Waals surface area contributed by atoms with Crippen molar-refractivity contribution in [1.82, 2.24) is 10.3 Å². The van der Waals surface area contributed by atoms with Crippen molar-refractivity contribution < 1.29 is 13.2 Å². The average Bonchev–Trinajstić information content (AvgIpc) is 2.79. The standard InChI is InChI=1S/C12H11ClF2N2O/c1-2-16-5-7-6-18-12(17-7)8-3-11(15)9(13)4-10(8)14/h3-4,6,16H,2,5H2,1H3. The molecule has 0 unspecified atom stereocenters. The monoisotopic (exact) mass is 272 g/mol. The fraction of sp³-hybridized carbons (Fsp3) is 0.250. The van der Waals surface area contributed by atoms with Gasteiger partial charge < -0.3 is 9.73 Å². The van der Waals surface area contributed by atoms with Crippen molar-refractivity contribution >= 4 is 11.6 Å². The van der Waals surface area contributed by atoms with Crippen molar-refractivity contribution in [2.24, 2.45) is 0 Å². The molecule has 0 radical (unpaired) electrons. The normalized spacial score (nSPS) is 10.9. The Hall–Kier alpha value is -1.46. The molecule has 0 fully saturated rings. The van der Waals surface area contributed by atoms with E-state index in [1.807, 2.05) is 6.92 Å². The summed E-state index contributed by atoms with van der Waals surface area (Å²) in [5.41, 5.74) is 0.584. The summed E-state index contributed by atoms with van der Waals surface area (Å²) in [6.07, 6.45) is 1.41. The molecule has 0 aliphatic rings. The molecule has 2 aromatic rings. The largest absolute Gasteiger partial charge is 0.444 e. The van der Waals surface area contributed by atoms with Gasteiger partial charge in [0, 0.05) is 6.54 Å². The highest BCUT2D eigenvalue weighted by Crippen LogP contribution is 2.27. The van der Waals surface area contributed by atoms with Crippen molar-refractivity contribution in [3.63, 3.8) is 0 Å². The van der Waals surface area contributed by atoms with Gasteiger partial charge in [-0.15, -0.1) is 0 Å². The van der Waals surface area contributed by atoms with Crippen LogP contribution in [-0.2, 0) is 6.54 Å². The summed E-state index contributed by atoms with van der Waals surface area (Å²) in [5, 5.41) is 2.79. The first-order valence-corrected chi connectivity index (χ1v) is 5.79. The van der Waals surface area contributed by atoms with E-state index in [2.05, 4.69) is 10.3 Å². The number of hydrogen-bond acceptors (Lipinski definition) is 3. The lowest BCUT2D eigenvalue weighted by Gasteiger charge is -2.00. The van der Waals surface area contributed by atoms with Crippen LogP contribution in [0.3, 0.4) is 0 Å². The van der Waals surface area contributed by atoms with Crippen LogP contribution in [0, 0.1) is 11.6 Å². The third kappa shape index (κ3) is 2.68. The number of benzene rings is 1. The van der Waals surface area contributed by atoms with E-state index in [1.165, 1.54) is 6.26 Å². The molecule has 0 aliphatic carbocycles. The Labute approximate surface area is 108 Å². The van der Waals surface area contributed by atoms with E-state index in [1.54, 1.807) is 0 Å². The first-order valence-electron chi connectivity index (χ1n) is 5.42. The number of nitrogens with zero attached hydrogens (tertiary/aromatic N) is 1. The van der Waals surface area contributed by atoms with Crippen molar-refractivity contribution in [2.75, 3.05) is 6.54 Å². The van der Waals surface area contributed by atoms with Gasteiger partial charge in [0.2, 0.25) is 5.89 Å². The van der Waals surface area contributed by atoms with Crippen LogP contribution in [0.15, 0.2) is 22.8 Å². The zero-order chi connectivity index (χ0) is 13.1. The van der Waals surface area contributed by atoms with Crippen molar-refractivity contribution in [3.05, 3.63) is 40.7 Å². The molecule has 0 saturated heterocycles. The van der Waals surface area contributed by atoms with Crippen molar-refractivity contribution in [1.29, 1.82) is 0 Å². The topological polar surface area (TPSA) is 38.1 Å². The van der Waals surface area contributed by atoms with E-state index in [9.17, 15) is 8.78 Å². The Morgan fingerprint density at radius 2 is 2.11 bits per heavy atom. The van der Waals surface area contributed by atoms with E-state index in [4.69, 9.17) is 16.0 Å². The number of nitrogens with one attached hydrogen (secondary N) is 1. The highest BCUT2D eigenvalue weighted by atomic mass is 35.5. The summed E-state index contributed by atoms with van der Waals surface area (Å²) in [5.74, 6) is -1.34. The van der Waals surface area contributed by atoms with E-state index in [0.29, 0.717) is 12.2 Å². The van der Waals surface area contributed by atoms with Crippen molar-refractivity contribution in [3.8, 4) is 11.5 Å². The van der Waals surface area contributed by atoms with Crippen LogP contribution in [0.25, 0.3) is 11.5 Å². The van der Waals surface area contributed by atoms with Gasteiger partial charge in [0.25, 0.3) is 0 Å². The maximum atomic E-state index is 13.6. The zero-order valence-electron chi connectivity index (χ0n) is 9.64. The van der Waals surface area contributed by atoms with Gasteiger partial charge in [0.05, 0.1) is 16.3 Å². The molecular weight excluding hydrogens is 262 g/mol. The lowest BCUT2D eigenvalue weighted by molar-refractivity contribution is 0.554. The highest BCUT2D eigenvalue weighted by molar-refractivity contribution is 6.30. The molecule has 0 bridgehead atoms. The quantitative estimate of drug-likeness (QED) is 0.867. The molecule has 1 aromatic heterocycles. The van der Waals surface area contributed by atoms with Gasteiger partial charge in [0.1, 0.15) is 17.9 Å². The van der Waals surface area contributed by atoms with Crippen LogP contribution in [-0.4, -0.2) is 11.5 Å². The smallest absolute Gasteiger partial charge is 0.229 e. The fourth-order valence-electron chi connectivity index (χ4n) is 1.45. The van der Waals surface area contributed by atoms with Gasteiger partial charge in [0.15, 0.2) is 0 Å². The molecule has 3 nitrogen and oxygen atoms in total. The molecule has 1 aromatic carbocycles. The Balaban J connectivity index is 2.31. The molecular formula is C12H11ClF2N2O. The molecule has 18 heavy (non-hydrogen) atoms. The Kier molecular flexibility index (Phi) is 3.93. The summed E-state index contributed by atoms with van der Waals surface area (Å²) in [7, 11) is 0. The second-order valence-electron chi connectivity index (χ2n) is 3.67.